The lowest BCUT2D eigenvalue weighted by molar-refractivity contribution is -0.120. The molecule has 2 amide bonds. The molecule has 0 atom stereocenters. The number of aromatic nitrogens is 1. The van der Waals surface area contributed by atoms with Crippen LogP contribution in [0.25, 0.3) is 0 Å². The molecule has 0 bridgehead atoms. The minimum absolute atomic E-state index is 0.110. The van der Waals surface area contributed by atoms with E-state index in [-0.39, 0.29) is 30.3 Å². The van der Waals surface area contributed by atoms with E-state index in [1.165, 1.54) is 41.3 Å². The summed E-state index contributed by atoms with van der Waals surface area (Å²) >= 11 is 0. The molecule has 0 spiro atoms. The quantitative estimate of drug-likeness (QED) is 0.391. The first-order chi connectivity index (χ1) is 17.0. The van der Waals surface area contributed by atoms with Gasteiger partial charge >= 0.3 is 0 Å². The van der Waals surface area contributed by atoms with Crippen LogP contribution in [0, 0.1) is 11.6 Å². The van der Waals surface area contributed by atoms with Crippen LogP contribution in [0.15, 0.2) is 97.2 Å². The zero-order valence-electron chi connectivity index (χ0n) is 18.8. The largest absolute Gasteiger partial charge is 0.350 e. The van der Waals surface area contributed by atoms with Gasteiger partial charge in [0.1, 0.15) is 11.6 Å². The molecule has 3 aromatic carbocycles. The Hall–Kier alpha value is -4.39. The Labute approximate surface area is 202 Å². The van der Waals surface area contributed by atoms with Crippen molar-refractivity contribution in [2.75, 3.05) is 4.90 Å². The minimum atomic E-state index is -0.518. The molecule has 1 aromatic heterocycles. The van der Waals surface area contributed by atoms with E-state index >= 15 is 0 Å². The summed E-state index contributed by atoms with van der Waals surface area (Å²) in [6, 6.07) is 23.8. The summed E-state index contributed by atoms with van der Waals surface area (Å²) in [6.07, 6.45) is 1.77. The van der Waals surface area contributed by atoms with Crippen molar-refractivity contribution >= 4 is 17.5 Å². The smallest absolute Gasteiger partial charge is 0.258 e. The maximum absolute atomic E-state index is 13.8. The van der Waals surface area contributed by atoms with Crippen molar-refractivity contribution in [1.29, 1.82) is 0 Å². The Morgan fingerprint density at radius 2 is 1.60 bits per heavy atom. The van der Waals surface area contributed by atoms with Gasteiger partial charge in [0.05, 0.1) is 25.2 Å². The Morgan fingerprint density at radius 1 is 0.800 bits per heavy atom. The Kier molecular flexibility index (Phi) is 7.57. The lowest BCUT2D eigenvalue weighted by atomic mass is 10.1. The number of halogens is 2. The van der Waals surface area contributed by atoms with Crippen molar-refractivity contribution < 1.29 is 18.4 Å². The Morgan fingerprint density at radius 3 is 2.34 bits per heavy atom. The van der Waals surface area contributed by atoms with E-state index in [0.717, 1.165) is 5.69 Å². The van der Waals surface area contributed by atoms with E-state index in [1.54, 1.807) is 48.7 Å². The number of anilines is 1. The molecule has 0 radical (unpaired) electrons. The van der Waals surface area contributed by atoms with Crippen LogP contribution in [-0.4, -0.2) is 16.8 Å². The maximum Gasteiger partial charge on any atom is 0.258 e. The molecule has 5 nitrogen and oxygen atoms in total. The van der Waals surface area contributed by atoms with Crippen molar-refractivity contribution in [3.8, 4) is 0 Å². The summed E-state index contributed by atoms with van der Waals surface area (Å²) in [7, 11) is 0. The molecule has 0 fully saturated rings. The summed E-state index contributed by atoms with van der Waals surface area (Å²) in [5.74, 6) is -1.49. The standard InChI is InChI=1S/C28H23F2N3O2/c29-23-12-10-20(11-13-23)19-33(28(35)22-6-4-7-24(30)17-22)26-9-3-5-21(15-26)16-27(34)32-18-25-8-1-2-14-31-25/h1-15,17H,16,18-19H2,(H,32,34). The molecular weight excluding hydrogens is 448 g/mol. The summed E-state index contributed by atoms with van der Waals surface area (Å²) in [5, 5.41) is 2.84. The van der Waals surface area contributed by atoms with Gasteiger partial charge in [-0.1, -0.05) is 36.4 Å². The number of benzene rings is 3. The fourth-order valence-electron chi connectivity index (χ4n) is 3.60. The van der Waals surface area contributed by atoms with Gasteiger partial charge in [-0.3, -0.25) is 14.6 Å². The molecule has 4 rings (SSSR count). The molecule has 0 unspecified atom stereocenters. The number of carbonyl (C=O) groups excluding carboxylic acids is 2. The highest BCUT2D eigenvalue weighted by atomic mass is 19.1. The number of rotatable bonds is 8. The zero-order valence-corrected chi connectivity index (χ0v) is 18.8. The molecule has 0 aliphatic carbocycles. The third kappa shape index (κ3) is 6.57. The summed E-state index contributed by atoms with van der Waals surface area (Å²) in [4.78, 5) is 31.5. The fraction of sp³-hybridized carbons (Fsp3) is 0.107. The molecule has 0 aliphatic rings. The van der Waals surface area contributed by atoms with Gasteiger partial charge in [-0.05, 0) is 65.7 Å². The van der Waals surface area contributed by atoms with Crippen molar-refractivity contribution in [3.63, 3.8) is 0 Å². The average molecular weight is 472 g/mol. The van der Waals surface area contributed by atoms with Crippen LogP contribution in [0.4, 0.5) is 14.5 Å². The van der Waals surface area contributed by atoms with E-state index in [4.69, 9.17) is 0 Å². The molecule has 176 valence electrons. The van der Waals surface area contributed by atoms with Crippen LogP contribution < -0.4 is 10.2 Å². The van der Waals surface area contributed by atoms with Gasteiger partial charge in [0.15, 0.2) is 0 Å². The average Bonchev–Trinajstić information content (AvgIpc) is 2.87. The normalized spacial score (nSPS) is 10.6. The second-order valence-corrected chi connectivity index (χ2v) is 7.97. The minimum Gasteiger partial charge on any atom is -0.350 e. The van der Waals surface area contributed by atoms with E-state index in [0.29, 0.717) is 23.4 Å². The number of nitrogens with zero attached hydrogens (tertiary/aromatic N) is 2. The van der Waals surface area contributed by atoms with Crippen molar-refractivity contribution in [2.45, 2.75) is 19.5 Å². The number of hydrogen-bond acceptors (Lipinski definition) is 3. The second-order valence-electron chi connectivity index (χ2n) is 7.97. The Bertz CT molecular complexity index is 1310. The van der Waals surface area contributed by atoms with Crippen molar-refractivity contribution in [3.05, 3.63) is 131 Å². The molecule has 4 aromatic rings. The molecule has 0 saturated heterocycles. The SMILES string of the molecule is O=C(Cc1cccc(N(Cc2ccc(F)cc2)C(=O)c2cccc(F)c2)c1)NCc1ccccn1. The predicted molar refractivity (Wildman–Crippen MR) is 130 cm³/mol. The number of carbonyl (C=O) groups is 2. The van der Waals surface area contributed by atoms with Crippen LogP contribution in [0.3, 0.4) is 0 Å². The van der Waals surface area contributed by atoms with E-state index in [9.17, 15) is 18.4 Å². The van der Waals surface area contributed by atoms with Gasteiger partial charge in [-0.15, -0.1) is 0 Å². The van der Waals surface area contributed by atoms with E-state index in [2.05, 4.69) is 10.3 Å². The maximum atomic E-state index is 13.8. The number of hydrogen-bond donors (Lipinski definition) is 1. The fourth-order valence-corrected chi connectivity index (χ4v) is 3.60. The van der Waals surface area contributed by atoms with Crippen LogP contribution in [0.2, 0.25) is 0 Å². The summed E-state index contributed by atoms with van der Waals surface area (Å²) in [5.41, 5.74) is 2.89. The molecule has 1 heterocycles. The number of amides is 2. The van der Waals surface area contributed by atoms with E-state index in [1.807, 2.05) is 12.1 Å². The monoisotopic (exact) mass is 471 g/mol. The highest BCUT2D eigenvalue weighted by molar-refractivity contribution is 6.06. The lowest BCUT2D eigenvalue weighted by Crippen LogP contribution is -2.31. The first-order valence-electron chi connectivity index (χ1n) is 11.1. The molecule has 35 heavy (non-hydrogen) atoms. The van der Waals surface area contributed by atoms with Crippen molar-refractivity contribution in [1.82, 2.24) is 10.3 Å². The van der Waals surface area contributed by atoms with Gasteiger partial charge in [-0.25, -0.2) is 8.78 Å². The summed E-state index contributed by atoms with van der Waals surface area (Å²) < 4.78 is 27.2. The molecule has 0 aliphatic heterocycles. The van der Waals surface area contributed by atoms with Crippen LogP contribution in [-0.2, 0) is 24.3 Å². The van der Waals surface area contributed by atoms with Crippen LogP contribution >= 0.6 is 0 Å². The molecular formula is C28H23F2N3O2. The zero-order chi connectivity index (χ0) is 24.6. The third-order valence-electron chi connectivity index (χ3n) is 5.35. The molecule has 7 heteroatoms. The van der Waals surface area contributed by atoms with Crippen LogP contribution in [0.5, 0.6) is 0 Å². The molecule has 0 saturated carbocycles. The predicted octanol–water partition coefficient (Wildman–Crippen LogP) is 5.07. The van der Waals surface area contributed by atoms with Gasteiger partial charge in [-0.2, -0.15) is 0 Å². The van der Waals surface area contributed by atoms with E-state index < -0.39 is 11.7 Å². The molecule has 1 N–H and O–H groups in total. The summed E-state index contributed by atoms with van der Waals surface area (Å²) in [6.45, 7) is 0.457. The second kappa shape index (κ2) is 11.2. The highest BCUT2D eigenvalue weighted by Gasteiger charge is 2.19. The first-order valence-corrected chi connectivity index (χ1v) is 11.1. The first kappa shape index (κ1) is 23.8. The van der Waals surface area contributed by atoms with Gasteiger partial charge in [0, 0.05) is 17.4 Å². The van der Waals surface area contributed by atoms with Gasteiger partial charge in [0.2, 0.25) is 5.91 Å². The number of pyridine rings is 1. The Balaban J connectivity index is 1.55. The van der Waals surface area contributed by atoms with Gasteiger partial charge in [0.25, 0.3) is 5.91 Å². The third-order valence-corrected chi connectivity index (χ3v) is 5.35. The van der Waals surface area contributed by atoms with Crippen LogP contribution in [0.1, 0.15) is 27.2 Å². The van der Waals surface area contributed by atoms with Crippen molar-refractivity contribution in [2.24, 2.45) is 0 Å². The lowest BCUT2D eigenvalue weighted by Gasteiger charge is -2.24. The number of nitrogens with one attached hydrogen (secondary N) is 1. The highest BCUT2D eigenvalue weighted by Crippen LogP contribution is 2.23. The van der Waals surface area contributed by atoms with Gasteiger partial charge < -0.3 is 10.2 Å². The topological polar surface area (TPSA) is 62.3 Å².